The first-order valence-electron chi connectivity index (χ1n) is 3.91. The van der Waals surface area contributed by atoms with E-state index in [1.165, 1.54) is 0 Å². The molecule has 0 unspecified atom stereocenters. The zero-order valence-electron chi connectivity index (χ0n) is 7.87. The molecule has 0 spiro atoms. The lowest BCUT2D eigenvalue weighted by molar-refractivity contribution is -0.203. The lowest BCUT2D eigenvalue weighted by Gasteiger charge is -2.25. The maximum absolute atomic E-state index is 12.7. The largest absolute Gasteiger partial charge is 0.326 e. The maximum Gasteiger partial charge on any atom is 0.326 e. The molecule has 2 nitrogen and oxygen atoms in total. The second-order valence-electron chi connectivity index (χ2n) is 3.21. The Morgan fingerprint density at radius 1 is 0.882 bits per heavy atom. The van der Waals surface area contributed by atoms with Crippen molar-refractivity contribution in [3.8, 4) is 0 Å². The molecule has 0 atom stereocenters. The van der Waals surface area contributed by atoms with Crippen LogP contribution in [0.3, 0.4) is 0 Å². The quantitative estimate of drug-likeness (QED) is 0.429. The Kier molecular flexibility index (Phi) is 4.72. The molecule has 0 heterocycles. The minimum absolute atomic E-state index is 1.80. The molecule has 0 aromatic carbocycles. The third-order valence-electron chi connectivity index (χ3n) is 1.61. The monoisotopic (exact) mass is 310 g/mol. The van der Waals surface area contributed by atoms with Gasteiger partial charge in [-0.15, -0.1) is 3.89 Å². The van der Waals surface area contributed by atoms with Gasteiger partial charge in [0.25, 0.3) is 0 Å². The van der Waals surface area contributed by atoms with Crippen molar-refractivity contribution in [1.82, 2.24) is 0 Å². The minimum atomic E-state index is -5.87. The predicted molar refractivity (Wildman–Crippen MR) is 44.8 cm³/mol. The van der Waals surface area contributed by atoms with Gasteiger partial charge in [-0.1, -0.05) is 0 Å². The molecule has 0 radical (unpaired) electrons. The summed E-state index contributed by atoms with van der Waals surface area (Å²) in [5, 5.41) is -4.13. The van der Waals surface area contributed by atoms with Crippen LogP contribution >= 0.6 is 11.6 Å². The molecular formula is C6H6ClF7O2S. The summed E-state index contributed by atoms with van der Waals surface area (Å²) in [6.45, 7) is 0. The summed E-state index contributed by atoms with van der Waals surface area (Å²) in [6.07, 6.45) is -3.88. The van der Waals surface area contributed by atoms with Crippen LogP contribution in [-0.4, -0.2) is 31.4 Å². The van der Waals surface area contributed by atoms with Crippen molar-refractivity contribution in [1.29, 1.82) is 0 Å². The molecule has 11 heteroatoms. The van der Waals surface area contributed by atoms with Crippen LogP contribution in [0.25, 0.3) is 0 Å². The van der Waals surface area contributed by atoms with Gasteiger partial charge in [0.2, 0.25) is 0 Å². The summed E-state index contributed by atoms with van der Waals surface area (Å²) in [5.41, 5.74) is 0. The molecular weight excluding hydrogens is 305 g/mol. The van der Waals surface area contributed by atoms with E-state index in [1.54, 1.807) is 0 Å². The molecule has 104 valence electrons. The first-order chi connectivity index (χ1) is 7.16. The van der Waals surface area contributed by atoms with Gasteiger partial charge in [0.15, 0.2) is 0 Å². The highest BCUT2D eigenvalue weighted by molar-refractivity contribution is 7.86. The molecule has 17 heavy (non-hydrogen) atoms. The van der Waals surface area contributed by atoms with E-state index < -0.39 is 46.0 Å². The molecule has 0 aliphatic rings. The molecule has 0 rings (SSSR count). The number of hydrogen-bond acceptors (Lipinski definition) is 2. The van der Waals surface area contributed by atoms with Crippen LogP contribution in [0.4, 0.5) is 30.2 Å². The van der Waals surface area contributed by atoms with Crippen molar-refractivity contribution in [2.45, 2.75) is 30.1 Å². The molecule has 0 bridgehead atoms. The average Bonchev–Trinajstić information content (AvgIpc) is 1.94. The van der Waals surface area contributed by atoms with Gasteiger partial charge in [-0.05, 0) is 11.6 Å². The van der Waals surface area contributed by atoms with Gasteiger partial charge in [-0.2, -0.15) is 34.8 Å². The van der Waals surface area contributed by atoms with Crippen molar-refractivity contribution in [2.75, 3.05) is 5.75 Å². The van der Waals surface area contributed by atoms with Gasteiger partial charge in [-0.3, -0.25) is 0 Å². The highest BCUT2D eigenvalue weighted by Gasteiger charge is 2.58. The minimum Gasteiger partial charge on any atom is -0.200 e. The highest BCUT2D eigenvalue weighted by Crippen LogP contribution is 2.41. The van der Waals surface area contributed by atoms with E-state index in [4.69, 9.17) is 0 Å². The van der Waals surface area contributed by atoms with Crippen LogP contribution in [0.15, 0.2) is 0 Å². The maximum atomic E-state index is 12.7. The van der Waals surface area contributed by atoms with Gasteiger partial charge in [0.1, 0.15) is 5.75 Å². The Morgan fingerprint density at radius 2 is 1.29 bits per heavy atom. The Bertz CT molecular complexity index is 361. The SMILES string of the molecule is O=S(=O)(F)CC(F)(F)C(F)(F)CCC(F)(F)Cl. The van der Waals surface area contributed by atoms with Crippen molar-refractivity contribution < 1.29 is 38.6 Å². The van der Waals surface area contributed by atoms with Crippen molar-refractivity contribution in [3.63, 3.8) is 0 Å². The summed E-state index contributed by atoms with van der Waals surface area (Å²) >= 11 is 4.22. The number of alkyl halides is 7. The molecule has 0 aliphatic carbocycles. The standard InChI is InChI=1S/C6H6ClF7O2S/c7-6(12,13)2-1-4(8,9)5(10,11)3-17(14,15)16/h1-3H2. The zero-order chi connectivity index (χ0) is 14.1. The Morgan fingerprint density at radius 3 is 1.59 bits per heavy atom. The number of hydrogen-bond donors (Lipinski definition) is 0. The second-order valence-corrected chi connectivity index (χ2v) is 5.13. The fraction of sp³-hybridized carbons (Fsp3) is 1.00. The van der Waals surface area contributed by atoms with Crippen molar-refractivity contribution in [3.05, 3.63) is 0 Å². The van der Waals surface area contributed by atoms with Crippen LogP contribution in [0.2, 0.25) is 0 Å². The van der Waals surface area contributed by atoms with Gasteiger partial charge in [-0.25, -0.2) is 0 Å². The lowest BCUT2D eigenvalue weighted by atomic mass is 10.1. The van der Waals surface area contributed by atoms with Crippen molar-refractivity contribution in [2.24, 2.45) is 0 Å². The average molecular weight is 311 g/mol. The summed E-state index contributed by atoms with van der Waals surface area (Å²) in [6, 6.07) is 0. The van der Waals surface area contributed by atoms with Crippen molar-refractivity contribution >= 4 is 21.8 Å². The molecule has 0 aromatic heterocycles. The van der Waals surface area contributed by atoms with Gasteiger partial charge in [0, 0.05) is 12.8 Å². The van der Waals surface area contributed by atoms with E-state index in [-0.39, 0.29) is 0 Å². The Balaban J connectivity index is 4.79. The molecule has 0 aliphatic heterocycles. The topological polar surface area (TPSA) is 34.1 Å². The molecule has 0 aromatic rings. The van der Waals surface area contributed by atoms with E-state index in [0.717, 1.165) is 0 Å². The number of rotatable bonds is 6. The normalized spacial score (nSPS) is 15.1. The van der Waals surface area contributed by atoms with Crippen LogP contribution in [0, 0.1) is 0 Å². The first-order valence-corrected chi connectivity index (χ1v) is 5.84. The molecule has 0 saturated carbocycles. The van der Waals surface area contributed by atoms with Gasteiger partial charge >= 0.3 is 27.4 Å². The van der Waals surface area contributed by atoms with E-state index in [9.17, 15) is 38.6 Å². The van der Waals surface area contributed by atoms with Crippen LogP contribution in [0.1, 0.15) is 12.8 Å². The summed E-state index contributed by atoms with van der Waals surface area (Å²) in [4.78, 5) is 0. The van der Waals surface area contributed by atoms with Crippen LogP contribution < -0.4 is 0 Å². The second kappa shape index (κ2) is 4.79. The Hall–Kier alpha value is -0.250. The molecule has 0 N–H and O–H groups in total. The van der Waals surface area contributed by atoms with E-state index in [2.05, 4.69) is 11.6 Å². The molecule has 0 amide bonds. The fourth-order valence-corrected chi connectivity index (χ4v) is 1.54. The van der Waals surface area contributed by atoms with Crippen LogP contribution in [-0.2, 0) is 10.2 Å². The third-order valence-corrected chi connectivity index (χ3v) is 2.51. The third kappa shape index (κ3) is 6.29. The number of halogens is 8. The first kappa shape index (κ1) is 16.8. The fourth-order valence-electron chi connectivity index (χ4n) is 0.804. The predicted octanol–water partition coefficient (Wildman–Crippen LogP) is 3.17. The van der Waals surface area contributed by atoms with E-state index in [1.807, 2.05) is 0 Å². The molecule has 0 fully saturated rings. The molecule has 0 saturated heterocycles. The highest BCUT2D eigenvalue weighted by atomic mass is 35.5. The van der Waals surface area contributed by atoms with E-state index >= 15 is 0 Å². The zero-order valence-corrected chi connectivity index (χ0v) is 9.44. The van der Waals surface area contributed by atoms with E-state index in [0.29, 0.717) is 0 Å². The summed E-state index contributed by atoms with van der Waals surface area (Å²) in [5.74, 6) is -13.2. The summed E-state index contributed by atoms with van der Waals surface area (Å²) in [7, 11) is -5.87. The van der Waals surface area contributed by atoms with Gasteiger partial charge in [0.05, 0.1) is 0 Å². The smallest absolute Gasteiger partial charge is 0.200 e. The van der Waals surface area contributed by atoms with Crippen LogP contribution in [0.5, 0.6) is 0 Å². The van der Waals surface area contributed by atoms with Gasteiger partial charge < -0.3 is 0 Å². The Labute approximate surface area is 96.9 Å². The summed E-state index contributed by atoms with van der Waals surface area (Å²) < 4.78 is 106. The lowest BCUT2D eigenvalue weighted by Crippen LogP contribution is -2.45.